The highest BCUT2D eigenvalue weighted by atomic mass is 127. The minimum absolute atomic E-state index is 0.559. The first-order valence-electron chi connectivity index (χ1n) is 7.41. The van der Waals surface area contributed by atoms with Gasteiger partial charge in [0, 0.05) is 34.6 Å². The number of piperidine rings is 1. The molecule has 4 heteroatoms. The number of aryl methyl sites for hydroxylation is 1. The van der Waals surface area contributed by atoms with E-state index in [0.717, 1.165) is 31.7 Å². The van der Waals surface area contributed by atoms with Crippen molar-refractivity contribution in [3.05, 3.63) is 51.7 Å². The van der Waals surface area contributed by atoms with E-state index in [0.29, 0.717) is 6.04 Å². The number of anilines is 2. The second-order valence-corrected chi connectivity index (χ2v) is 6.72. The van der Waals surface area contributed by atoms with Crippen molar-refractivity contribution < 1.29 is 0 Å². The second-order valence-electron chi connectivity index (χ2n) is 5.56. The summed E-state index contributed by atoms with van der Waals surface area (Å²) in [5.74, 6) is 1.10. The number of halogens is 1. The lowest BCUT2D eigenvalue weighted by Crippen LogP contribution is -2.39. The summed E-state index contributed by atoms with van der Waals surface area (Å²) in [6.45, 7) is 4.28. The molecule has 2 heterocycles. The number of benzene rings is 1. The largest absolute Gasteiger partial charge is 0.382 e. The van der Waals surface area contributed by atoms with Crippen molar-refractivity contribution in [2.75, 3.05) is 23.3 Å². The van der Waals surface area contributed by atoms with Crippen molar-refractivity contribution in [3.8, 4) is 0 Å². The summed E-state index contributed by atoms with van der Waals surface area (Å²) in [5.41, 5.74) is 2.58. The van der Waals surface area contributed by atoms with E-state index in [1.807, 2.05) is 12.3 Å². The van der Waals surface area contributed by atoms with E-state index in [2.05, 4.69) is 75.0 Å². The van der Waals surface area contributed by atoms with Crippen molar-refractivity contribution in [2.24, 2.45) is 0 Å². The average molecular weight is 393 g/mol. The van der Waals surface area contributed by atoms with Gasteiger partial charge in [0.15, 0.2) is 0 Å². The lowest BCUT2D eigenvalue weighted by atomic mass is 10.0. The van der Waals surface area contributed by atoms with E-state index in [-0.39, 0.29) is 0 Å². The topological polar surface area (TPSA) is 28.2 Å². The van der Waals surface area contributed by atoms with Crippen molar-refractivity contribution in [1.82, 2.24) is 4.98 Å². The van der Waals surface area contributed by atoms with Gasteiger partial charge in [-0.3, -0.25) is 0 Å². The highest BCUT2D eigenvalue weighted by molar-refractivity contribution is 14.1. The maximum atomic E-state index is 4.44. The maximum absolute atomic E-state index is 4.44. The van der Waals surface area contributed by atoms with Gasteiger partial charge in [-0.15, -0.1) is 0 Å². The summed E-state index contributed by atoms with van der Waals surface area (Å²) in [4.78, 5) is 6.81. The van der Waals surface area contributed by atoms with Crippen molar-refractivity contribution >= 4 is 34.1 Å². The molecular weight excluding hydrogens is 373 g/mol. The molecule has 0 atom stereocenters. The number of pyridine rings is 1. The van der Waals surface area contributed by atoms with Crippen LogP contribution in [0.1, 0.15) is 18.4 Å². The molecule has 1 aliphatic heterocycles. The quantitative estimate of drug-likeness (QED) is 0.797. The van der Waals surface area contributed by atoms with E-state index in [1.54, 1.807) is 0 Å². The fourth-order valence-electron chi connectivity index (χ4n) is 2.71. The molecule has 110 valence electrons. The summed E-state index contributed by atoms with van der Waals surface area (Å²) in [6.07, 6.45) is 4.18. The molecule has 3 nitrogen and oxygen atoms in total. The molecule has 1 aromatic carbocycles. The number of nitrogens with zero attached hydrogens (tertiary/aromatic N) is 2. The van der Waals surface area contributed by atoms with Gasteiger partial charge in [-0.2, -0.15) is 0 Å². The Kier molecular flexibility index (Phi) is 4.63. The van der Waals surface area contributed by atoms with Crippen molar-refractivity contribution in [1.29, 1.82) is 0 Å². The van der Waals surface area contributed by atoms with Gasteiger partial charge in [-0.1, -0.05) is 12.1 Å². The van der Waals surface area contributed by atoms with Crippen molar-refractivity contribution in [3.63, 3.8) is 0 Å². The molecule has 0 unspecified atom stereocenters. The SMILES string of the molecule is Cc1ccc(NC2CCN(c3ccccn3)CC2)cc1I. The van der Waals surface area contributed by atoms with Crippen LogP contribution < -0.4 is 10.2 Å². The first-order chi connectivity index (χ1) is 10.2. The molecule has 1 aromatic heterocycles. The second kappa shape index (κ2) is 6.64. The first-order valence-corrected chi connectivity index (χ1v) is 8.49. The smallest absolute Gasteiger partial charge is 0.128 e. The van der Waals surface area contributed by atoms with Crippen LogP contribution in [0.25, 0.3) is 0 Å². The van der Waals surface area contributed by atoms with Crippen LogP contribution >= 0.6 is 22.6 Å². The normalized spacial score (nSPS) is 16.0. The van der Waals surface area contributed by atoms with Crippen LogP contribution in [0.3, 0.4) is 0 Å². The number of nitrogens with one attached hydrogen (secondary N) is 1. The Labute approximate surface area is 139 Å². The number of rotatable bonds is 3. The van der Waals surface area contributed by atoms with Gasteiger partial charge in [0.25, 0.3) is 0 Å². The lowest BCUT2D eigenvalue weighted by Gasteiger charge is -2.33. The summed E-state index contributed by atoms with van der Waals surface area (Å²) in [5, 5.41) is 3.67. The zero-order chi connectivity index (χ0) is 14.7. The zero-order valence-corrected chi connectivity index (χ0v) is 14.4. The van der Waals surface area contributed by atoms with Crippen molar-refractivity contribution in [2.45, 2.75) is 25.8 Å². The predicted molar refractivity (Wildman–Crippen MR) is 97.0 cm³/mol. The molecule has 1 fully saturated rings. The summed E-state index contributed by atoms with van der Waals surface area (Å²) in [7, 11) is 0. The van der Waals surface area contributed by atoms with Crippen LogP contribution in [0.15, 0.2) is 42.6 Å². The van der Waals surface area contributed by atoms with Gasteiger partial charge in [0.05, 0.1) is 0 Å². The Morgan fingerprint density at radius 2 is 2.00 bits per heavy atom. The predicted octanol–water partition coefficient (Wildman–Crippen LogP) is 4.08. The minimum atomic E-state index is 0.559. The molecular formula is C17H20IN3. The monoisotopic (exact) mass is 393 g/mol. The van der Waals surface area contributed by atoms with Gasteiger partial charge in [0.2, 0.25) is 0 Å². The lowest BCUT2D eigenvalue weighted by molar-refractivity contribution is 0.523. The third-order valence-corrected chi connectivity index (χ3v) is 5.17. The molecule has 0 bridgehead atoms. The molecule has 2 aromatic rings. The number of aromatic nitrogens is 1. The Morgan fingerprint density at radius 1 is 1.19 bits per heavy atom. The van der Waals surface area contributed by atoms with Crippen LogP contribution in [0.5, 0.6) is 0 Å². The molecule has 1 saturated heterocycles. The molecule has 0 amide bonds. The molecule has 0 saturated carbocycles. The molecule has 1 N–H and O–H groups in total. The molecule has 3 rings (SSSR count). The van der Waals surface area contributed by atoms with Gasteiger partial charge in [-0.25, -0.2) is 4.98 Å². The average Bonchev–Trinajstić information content (AvgIpc) is 2.53. The molecule has 21 heavy (non-hydrogen) atoms. The molecule has 0 spiro atoms. The fraction of sp³-hybridized carbons (Fsp3) is 0.353. The third-order valence-electron chi connectivity index (χ3n) is 4.01. The molecule has 0 radical (unpaired) electrons. The zero-order valence-electron chi connectivity index (χ0n) is 12.2. The van der Waals surface area contributed by atoms with Gasteiger partial charge in [0.1, 0.15) is 5.82 Å². The van der Waals surface area contributed by atoms with Gasteiger partial charge < -0.3 is 10.2 Å². The van der Waals surface area contributed by atoms with E-state index in [9.17, 15) is 0 Å². The Balaban J connectivity index is 1.57. The van der Waals surface area contributed by atoms with Crippen LogP contribution in [0.2, 0.25) is 0 Å². The summed E-state index contributed by atoms with van der Waals surface area (Å²) < 4.78 is 1.32. The van der Waals surface area contributed by atoms with Crippen LogP contribution in [-0.4, -0.2) is 24.1 Å². The number of hydrogen-bond donors (Lipinski definition) is 1. The van der Waals surface area contributed by atoms with E-state index in [1.165, 1.54) is 14.8 Å². The third kappa shape index (κ3) is 3.67. The van der Waals surface area contributed by atoms with Gasteiger partial charge >= 0.3 is 0 Å². The van der Waals surface area contributed by atoms with E-state index < -0.39 is 0 Å². The maximum Gasteiger partial charge on any atom is 0.128 e. The number of hydrogen-bond acceptors (Lipinski definition) is 3. The van der Waals surface area contributed by atoms with E-state index >= 15 is 0 Å². The molecule has 1 aliphatic rings. The van der Waals surface area contributed by atoms with Gasteiger partial charge in [-0.05, 0) is 72.2 Å². The minimum Gasteiger partial charge on any atom is -0.382 e. The van der Waals surface area contributed by atoms with E-state index in [4.69, 9.17) is 0 Å². The van der Waals surface area contributed by atoms with Crippen LogP contribution in [0, 0.1) is 10.5 Å². The first kappa shape index (κ1) is 14.6. The highest BCUT2D eigenvalue weighted by Gasteiger charge is 2.19. The fourth-order valence-corrected chi connectivity index (χ4v) is 3.23. The summed E-state index contributed by atoms with van der Waals surface area (Å²) in [6, 6.07) is 13.3. The standard InChI is InChI=1S/C17H20IN3/c1-13-5-6-15(12-16(13)18)20-14-7-10-21(11-8-14)17-4-2-3-9-19-17/h2-6,9,12,14,20H,7-8,10-11H2,1H3. The Hall–Kier alpha value is -1.30. The highest BCUT2D eigenvalue weighted by Crippen LogP contribution is 2.22. The summed E-state index contributed by atoms with van der Waals surface area (Å²) >= 11 is 2.40. The molecule has 0 aliphatic carbocycles. The Morgan fingerprint density at radius 3 is 2.67 bits per heavy atom. The van der Waals surface area contributed by atoms with Crippen LogP contribution in [0.4, 0.5) is 11.5 Å². The Bertz CT molecular complexity index is 592. The van der Waals surface area contributed by atoms with Crippen LogP contribution in [-0.2, 0) is 0 Å².